The van der Waals surface area contributed by atoms with Gasteiger partial charge < -0.3 is 5.32 Å². The van der Waals surface area contributed by atoms with Gasteiger partial charge in [-0.25, -0.2) is 4.98 Å². The molecule has 0 saturated heterocycles. The molecule has 2 aromatic carbocycles. The van der Waals surface area contributed by atoms with Crippen molar-refractivity contribution in [2.45, 2.75) is 6.54 Å². The van der Waals surface area contributed by atoms with Crippen molar-refractivity contribution in [3.05, 3.63) is 66.0 Å². The lowest BCUT2D eigenvalue weighted by molar-refractivity contribution is 1.04. The molecular weight excluding hydrogens is 246 g/mol. The van der Waals surface area contributed by atoms with Crippen LogP contribution >= 0.6 is 0 Å². The van der Waals surface area contributed by atoms with E-state index in [1.807, 2.05) is 48.5 Å². The molecule has 1 aromatic heterocycles. The highest BCUT2D eigenvalue weighted by atomic mass is 14.9. The molecular formula is C17H13N3. The molecule has 0 saturated carbocycles. The number of nitrogens with zero attached hydrogens (tertiary/aromatic N) is 2. The molecule has 0 spiro atoms. The molecule has 96 valence electrons. The number of nitrogens with one attached hydrogen (secondary N) is 1. The topological polar surface area (TPSA) is 37.8 Å². The molecule has 0 aliphatic heterocycles. The van der Waals surface area contributed by atoms with Gasteiger partial charge in [0.25, 0.3) is 0 Å². The standard InChI is InChI=1S/C17H13N3/c1-2-13-6-5-7-14(10-13)18-11-15-12-19-16-8-3-4-9-17(16)20-15/h1,3-10,12,18H,11H2. The highest BCUT2D eigenvalue weighted by Gasteiger charge is 2.00. The minimum atomic E-state index is 0.617. The van der Waals surface area contributed by atoms with Crippen LogP contribution in [0.1, 0.15) is 11.3 Å². The summed E-state index contributed by atoms with van der Waals surface area (Å²) in [6, 6.07) is 15.6. The van der Waals surface area contributed by atoms with E-state index < -0.39 is 0 Å². The first-order valence-electron chi connectivity index (χ1n) is 6.36. The molecule has 1 heterocycles. The van der Waals surface area contributed by atoms with Crippen LogP contribution in [0.25, 0.3) is 11.0 Å². The summed E-state index contributed by atoms with van der Waals surface area (Å²) in [5.74, 6) is 2.62. The zero-order valence-electron chi connectivity index (χ0n) is 10.9. The molecule has 3 nitrogen and oxygen atoms in total. The summed E-state index contributed by atoms with van der Waals surface area (Å²) in [6.07, 6.45) is 7.18. The number of anilines is 1. The van der Waals surface area contributed by atoms with Gasteiger partial charge in [-0.1, -0.05) is 24.1 Å². The van der Waals surface area contributed by atoms with Gasteiger partial charge in [-0.15, -0.1) is 6.42 Å². The zero-order valence-corrected chi connectivity index (χ0v) is 10.9. The number of fused-ring (bicyclic) bond motifs is 1. The Morgan fingerprint density at radius 2 is 1.90 bits per heavy atom. The first-order valence-corrected chi connectivity index (χ1v) is 6.36. The summed E-state index contributed by atoms with van der Waals surface area (Å²) in [6.45, 7) is 0.617. The van der Waals surface area contributed by atoms with Crippen molar-refractivity contribution < 1.29 is 0 Å². The van der Waals surface area contributed by atoms with E-state index >= 15 is 0 Å². The first kappa shape index (κ1) is 12.2. The van der Waals surface area contributed by atoms with Crippen LogP contribution in [0.4, 0.5) is 5.69 Å². The Hall–Kier alpha value is -2.86. The van der Waals surface area contributed by atoms with Gasteiger partial charge in [-0.05, 0) is 30.3 Å². The van der Waals surface area contributed by atoms with E-state index in [-0.39, 0.29) is 0 Å². The fourth-order valence-corrected chi connectivity index (χ4v) is 1.99. The molecule has 0 unspecified atom stereocenters. The second-order valence-electron chi connectivity index (χ2n) is 4.43. The van der Waals surface area contributed by atoms with Crippen molar-refractivity contribution in [3.8, 4) is 12.3 Å². The maximum Gasteiger partial charge on any atom is 0.0890 e. The maximum atomic E-state index is 5.39. The zero-order chi connectivity index (χ0) is 13.8. The van der Waals surface area contributed by atoms with Gasteiger partial charge >= 0.3 is 0 Å². The van der Waals surface area contributed by atoms with Gasteiger partial charge in [-0.2, -0.15) is 0 Å². The molecule has 3 rings (SSSR count). The second-order valence-corrected chi connectivity index (χ2v) is 4.43. The van der Waals surface area contributed by atoms with Gasteiger partial charge in [-0.3, -0.25) is 4.98 Å². The summed E-state index contributed by atoms with van der Waals surface area (Å²) in [4.78, 5) is 8.96. The number of hydrogen-bond donors (Lipinski definition) is 1. The van der Waals surface area contributed by atoms with Crippen molar-refractivity contribution in [1.29, 1.82) is 0 Å². The monoisotopic (exact) mass is 259 g/mol. The third kappa shape index (κ3) is 2.60. The van der Waals surface area contributed by atoms with Crippen LogP contribution in [0.5, 0.6) is 0 Å². The van der Waals surface area contributed by atoms with E-state index in [2.05, 4.69) is 21.2 Å². The Bertz CT molecular complexity index is 787. The largest absolute Gasteiger partial charge is 0.379 e. The summed E-state index contributed by atoms with van der Waals surface area (Å²) < 4.78 is 0. The number of terminal acetylenes is 1. The number of rotatable bonds is 3. The Morgan fingerprint density at radius 3 is 2.75 bits per heavy atom. The number of para-hydroxylation sites is 2. The third-order valence-corrected chi connectivity index (χ3v) is 3.00. The molecule has 0 amide bonds. The second kappa shape index (κ2) is 5.41. The first-order chi connectivity index (χ1) is 9.85. The molecule has 3 heteroatoms. The summed E-state index contributed by atoms with van der Waals surface area (Å²) >= 11 is 0. The number of aromatic nitrogens is 2. The summed E-state index contributed by atoms with van der Waals surface area (Å²) in [5.41, 5.74) is 4.56. The average Bonchev–Trinajstić information content (AvgIpc) is 2.53. The Balaban J connectivity index is 1.78. The molecule has 20 heavy (non-hydrogen) atoms. The average molecular weight is 259 g/mol. The van der Waals surface area contributed by atoms with Gasteiger partial charge in [0.2, 0.25) is 0 Å². The predicted molar refractivity (Wildman–Crippen MR) is 81.2 cm³/mol. The Labute approximate surface area is 117 Å². The number of hydrogen-bond acceptors (Lipinski definition) is 3. The molecule has 0 bridgehead atoms. The highest BCUT2D eigenvalue weighted by Crippen LogP contribution is 2.12. The predicted octanol–water partition coefficient (Wildman–Crippen LogP) is 3.22. The lowest BCUT2D eigenvalue weighted by atomic mass is 10.2. The third-order valence-electron chi connectivity index (χ3n) is 3.00. The van der Waals surface area contributed by atoms with Crippen LogP contribution < -0.4 is 5.32 Å². The van der Waals surface area contributed by atoms with Gasteiger partial charge in [0.05, 0.1) is 29.5 Å². The van der Waals surface area contributed by atoms with E-state index in [9.17, 15) is 0 Å². The van der Waals surface area contributed by atoms with Crippen LogP contribution in [0.2, 0.25) is 0 Å². The Morgan fingerprint density at radius 1 is 1.05 bits per heavy atom. The van der Waals surface area contributed by atoms with Gasteiger partial charge in [0.1, 0.15) is 0 Å². The van der Waals surface area contributed by atoms with E-state index in [4.69, 9.17) is 6.42 Å². The van der Waals surface area contributed by atoms with Crippen LogP contribution in [-0.4, -0.2) is 9.97 Å². The minimum Gasteiger partial charge on any atom is -0.379 e. The van der Waals surface area contributed by atoms with Crippen molar-refractivity contribution in [2.24, 2.45) is 0 Å². The normalized spacial score (nSPS) is 10.2. The van der Waals surface area contributed by atoms with Crippen LogP contribution in [-0.2, 0) is 6.54 Å². The fraction of sp³-hybridized carbons (Fsp3) is 0.0588. The minimum absolute atomic E-state index is 0.617. The van der Waals surface area contributed by atoms with Gasteiger partial charge in [0.15, 0.2) is 0 Å². The van der Waals surface area contributed by atoms with E-state index in [0.29, 0.717) is 6.54 Å². The van der Waals surface area contributed by atoms with Crippen molar-refractivity contribution in [1.82, 2.24) is 9.97 Å². The lowest BCUT2D eigenvalue weighted by Gasteiger charge is -2.07. The van der Waals surface area contributed by atoms with E-state index in [0.717, 1.165) is 28.0 Å². The van der Waals surface area contributed by atoms with E-state index in [1.54, 1.807) is 6.20 Å². The smallest absolute Gasteiger partial charge is 0.0890 e. The quantitative estimate of drug-likeness (QED) is 0.734. The Kier molecular flexibility index (Phi) is 3.30. The summed E-state index contributed by atoms with van der Waals surface area (Å²) in [7, 11) is 0. The van der Waals surface area contributed by atoms with E-state index in [1.165, 1.54) is 0 Å². The maximum absolute atomic E-state index is 5.39. The SMILES string of the molecule is C#Cc1cccc(NCc2cnc3ccccc3n2)c1. The van der Waals surface area contributed by atoms with Crippen LogP contribution in [0.3, 0.4) is 0 Å². The highest BCUT2D eigenvalue weighted by molar-refractivity contribution is 5.73. The van der Waals surface area contributed by atoms with Crippen molar-refractivity contribution in [2.75, 3.05) is 5.32 Å². The molecule has 0 aliphatic rings. The van der Waals surface area contributed by atoms with Crippen molar-refractivity contribution >= 4 is 16.7 Å². The molecule has 0 radical (unpaired) electrons. The fourth-order valence-electron chi connectivity index (χ4n) is 1.99. The van der Waals surface area contributed by atoms with Gasteiger partial charge in [0, 0.05) is 11.3 Å². The van der Waals surface area contributed by atoms with Crippen molar-refractivity contribution in [3.63, 3.8) is 0 Å². The lowest BCUT2D eigenvalue weighted by Crippen LogP contribution is -2.02. The molecule has 0 atom stereocenters. The molecule has 0 fully saturated rings. The molecule has 0 aliphatic carbocycles. The van der Waals surface area contributed by atoms with Crippen LogP contribution in [0.15, 0.2) is 54.7 Å². The molecule has 3 aromatic rings. The molecule has 1 N–H and O–H groups in total. The van der Waals surface area contributed by atoms with Crippen LogP contribution in [0, 0.1) is 12.3 Å². The number of benzene rings is 2. The summed E-state index contributed by atoms with van der Waals surface area (Å²) in [5, 5.41) is 3.30.